The second-order valence-electron chi connectivity index (χ2n) is 8.29. The molecule has 2 heteroatoms. The fraction of sp³-hybridized carbons (Fsp3) is 0.917. The first-order valence-electron chi connectivity index (χ1n) is 12.0. The Labute approximate surface area is 165 Å². The molecule has 0 radical (unpaired) electrons. The molecule has 0 N–H and O–H groups in total. The van der Waals surface area contributed by atoms with Crippen molar-refractivity contribution < 1.29 is 0 Å². The molecule has 1 aliphatic rings. The van der Waals surface area contributed by atoms with Crippen molar-refractivity contribution in [2.75, 3.05) is 13.1 Å². The van der Waals surface area contributed by atoms with Crippen LogP contribution in [0.15, 0.2) is 12.4 Å². The summed E-state index contributed by atoms with van der Waals surface area (Å²) in [6, 6.07) is 0. The summed E-state index contributed by atoms with van der Waals surface area (Å²) < 4.78 is 0. The SMILES string of the molecule is CCCCCCCCCCCCCCN1C=CN(CCC)C1CCCC. The molecule has 1 unspecified atom stereocenters. The van der Waals surface area contributed by atoms with E-state index in [-0.39, 0.29) is 0 Å². The van der Waals surface area contributed by atoms with E-state index in [1.807, 2.05) is 0 Å². The quantitative estimate of drug-likeness (QED) is 0.230. The number of rotatable bonds is 18. The van der Waals surface area contributed by atoms with Crippen LogP contribution in [0.2, 0.25) is 0 Å². The average molecular weight is 365 g/mol. The van der Waals surface area contributed by atoms with Crippen molar-refractivity contribution in [2.24, 2.45) is 0 Å². The molecule has 0 aliphatic carbocycles. The van der Waals surface area contributed by atoms with Gasteiger partial charge in [-0.3, -0.25) is 0 Å². The van der Waals surface area contributed by atoms with E-state index < -0.39 is 0 Å². The number of hydrogen-bond donors (Lipinski definition) is 0. The lowest BCUT2D eigenvalue weighted by Crippen LogP contribution is -2.39. The Balaban J connectivity index is 2.00. The van der Waals surface area contributed by atoms with E-state index in [0.29, 0.717) is 6.17 Å². The average Bonchev–Trinajstić information content (AvgIpc) is 3.03. The fourth-order valence-electron chi connectivity index (χ4n) is 4.12. The maximum absolute atomic E-state index is 2.61. The Morgan fingerprint density at radius 3 is 1.46 bits per heavy atom. The molecule has 154 valence electrons. The molecule has 0 spiro atoms. The maximum Gasteiger partial charge on any atom is 0.101 e. The molecule has 1 atom stereocenters. The first-order chi connectivity index (χ1) is 12.8. The van der Waals surface area contributed by atoms with Gasteiger partial charge < -0.3 is 9.80 Å². The maximum atomic E-state index is 2.61. The first kappa shape index (κ1) is 23.4. The van der Waals surface area contributed by atoms with E-state index >= 15 is 0 Å². The summed E-state index contributed by atoms with van der Waals surface area (Å²) in [6.45, 7) is 9.36. The van der Waals surface area contributed by atoms with E-state index in [9.17, 15) is 0 Å². The smallest absolute Gasteiger partial charge is 0.101 e. The van der Waals surface area contributed by atoms with Crippen LogP contribution < -0.4 is 0 Å². The largest absolute Gasteiger partial charge is 0.356 e. The second kappa shape index (κ2) is 16.5. The van der Waals surface area contributed by atoms with Crippen molar-refractivity contribution in [3.63, 3.8) is 0 Å². The van der Waals surface area contributed by atoms with Crippen molar-refractivity contribution in [2.45, 2.75) is 130 Å². The van der Waals surface area contributed by atoms with E-state index in [1.54, 1.807) is 0 Å². The van der Waals surface area contributed by atoms with Gasteiger partial charge in [0.2, 0.25) is 0 Å². The van der Waals surface area contributed by atoms with Gasteiger partial charge in [0.1, 0.15) is 6.17 Å². The molecule has 1 rings (SSSR count). The molecule has 0 aromatic carbocycles. The molecule has 1 aliphatic heterocycles. The molecule has 1 heterocycles. The molecule has 2 nitrogen and oxygen atoms in total. The lowest BCUT2D eigenvalue weighted by Gasteiger charge is -2.33. The van der Waals surface area contributed by atoms with Crippen LogP contribution in [-0.4, -0.2) is 29.1 Å². The lowest BCUT2D eigenvalue weighted by atomic mass is 10.1. The van der Waals surface area contributed by atoms with Crippen LogP contribution in [0.4, 0.5) is 0 Å². The molecule has 0 saturated carbocycles. The van der Waals surface area contributed by atoms with Gasteiger partial charge in [-0.05, 0) is 25.7 Å². The van der Waals surface area contributed by atoms with Gasteiger partial charge >= 0.3 is 0 Å². The standard InChI is InChI=1S/C24H48N2/c1-4-7-9-10-11-12-13-14-15-16-17-18-21-26-23-22-25(20-6-3)24(26)19-8-5-2/h22-24H,4-21H2,1-3H3. The zero-order chi connectivity index (χ0) is 18.9. The fourth-order valence-corrected chi connectivity index (χ4v) is 4.12. The first-order valence-corrected chi connectivity index (χ1v) is 12.0. The Hall–Kier alpha value is -0.660. The molecule has 0 aromatic heterocycles. The van der Waals surface area contributed by atoms with E-state index in [4.69, 9.17) is 0 Å². The van der Waals surface area contributed by atoms with Gasteiger partial charge in [0.25, 0.3) is 0 Å². The van der Waals surface area contributed by atoms with E-state index in [2.05, 4.69) is 43.0 Å². The molecule has 26 heavy (non-hydrogen) atoms. The van der Waals surface area contributed by atoms with Gasteiger partial charge in [-0.1, -0.05) is 97.8 Å². The Kier molecular flexibility index (Phi) is 14.8. The third-order valence-electron chi connectivity index (χ3n) is 5.78. The third-order valence-corrected chi connectivity index (χ3v) is 5.78. The molecule has 0 fully saturated rings. The minimum absolute atomic E-state index is 0.641. The Morgan fingerprint density at radius 1 is 0.500 bits per heavy atom. The summed E-state index contributed by atoms with van der Waals surface area (Å²) in [5.74, 6) is 0. The summed E-state index contributed by atoms with van der Waals surface area (Å²) in [6.07, 6.45) is 27.8. The van der Waals surface area contributed by atoms with E-state index in [0.717, 1.165) is 0 Å². The van der Waals surface area contributed by atoms with Crippen LogP contribution in [0.25, 0.3) is 0 Å². The predicted octanol–water partition coefficient (Wildman–Crippen LogP) is 7.70. The zero-order valence-corrected chi connectivity index (χ0v) is 18.4. The van der Waals surface area contributed by atoms with Crippen LogP contribution >= 0.6 is 0 Å². The number of hydrogen-bond acceptors (Lipinski definition) is 2. The van der Waals surface area contributed by atoms with Crippen molar-refractivity contribution in [1.82, 2.24) is 9.80 Å². The van der Waals surface area contributed by atoms with Gasteiger partial charge in [0.05, 0.1) is 0 Å². The Morgan fingerprint density at radius 2 is 0.962 bits per heavy atom. The third kappa shape index (κ3) is 10.5. The van der Waals surface area contributed by atoms with E-state index in [1.165, 1.54) is 116 Å². The molecule has 0 bridgehead atoms. The second-order valence-corrected chi connectivity index (χ2v) is 8.29. The highest BCUT2D eigenvalue weighted by molar-refractivity contribution is 4.96. The highest BCUT2D eigenvalue weighted by Gasteiger charge is 2.24. The van der Waals surface area contributed by atoms with Crippen LogP contribution in [0.3, 0.4) is 0 Å². The van der Waals surface area contributed by atoms with Gasteiger partial charge in [0, 0.05) is 25.5 Å². The number of nitrogens with zero attached hydrogens (tertiary/aromatic N) is 2. The van der Waals surface area contributed by atoms with Crippen molar-refractivity contribution in [3.05, 3.63) is 12.4 Å². The van der Waals surface area contributed by atoms with Crippen LogP contribution in [-0.2, 0) is 0 Å². The van der Waals surface area contributed by atoms with Crippen LogP contribution in [0.5, 0.6) is 0 Å². The minimum atomic E-state index is 0.641. The van der Waals surface area contributed by atoms with Gasteiger partial charge in [0.15, 0.2) is 0 Å². The highest BCUT2D eigenvalue weighted by Crippen LogP contribution is 2.22. The molecular weight excluding hydrogens is 316 g/mol. The normalized spacial score (nSPS) is 16.8. The van der Waals surface area contributed by atoms with Crippen molar-refractivity contribution >= 4 is 0 Å². The zero-order valence-electron chi connectivity index (χ0n) is 18.4. The van der Waals surface area contributed by atoms with Crippen LogP contribution in [0, 0.1) is 0 Å². The minimum Gasteiger partial charge on any atom is -0.356 e. The lowest BCUT2D eigenvalue weighted by molar-refractivity contribution is 0.138. The van der Waals surface area contributed by atoms with Gasteiger partial charge in [-0.15, -0.1) is 0 Å². The van der Waals surface area contributed by atoms with Gasteiger partial charge in [-0.2, -0.15) is 0 Å². The highest BCUT2D eigenvalue weighted by atomic mass is 15.4. The summed E-state index contributed by atoms with van der Waals surface area (Å²) in [4.78, 5) is 5.18. The summed E-state index contributed by atoms with van der Waals surface area (Å²) in [5.41, 5.74) is 0. The van der Waals surface area contributed by atoms with Crippen molar-refractivity contribution in [1.29, 1.82) is 0 Å². The molecular formula is C24H48N2. The molecule has 0 aromatic rings. The van der Waals surface area contributed by atoms with Crippen molar-refractivity contribution in [3.8, 4) is 0 Å². The topological polar surface area (TPSA) is 6.48 Å². The monoisotopic (exact) mass is 364 g/mol. The Bertz CT molecular complexity index is 326. The van der Waals surface area contributed by atoms with Crippen LogP contribution in [0.1, 0.15) is 124 Å². The number of unbranched alkanes of at least 4 members (excludes halogenated alkanes) is 12. The van der Waals surface area contributed by atoms with Gasteiger partial charge in [-0.25, -0.2) is 0 Å². The predicted molar refractivity (Wildman–Crippen MR) is 117 cm³/mol. The molecule has 0 saturated heterocycles. The molecule has 0 amide bonds. The summed E-state index contributed by atoms with van der Waals surface area (Å²) in [5, 5.41) is 0. The summed E-state index contributed by atoms with van der Waals surface area (Å²) >= 11 is 0. The summed E-state index contributed by atoms with van der Waals surface area (Å²) in [7, 11) is 0.